The average Bonchev–Trinajstić information content (AvgIpc) is 2.81. The summed E-state index contributed by atoms with van der Waals surface area (Å²) in [6.07, 6.45) is 1.69. The van der Waals surface area contributed by atoms with Gasteiger partial charge in [0.1, 0.15) is 0 Å². The first-order valence-corrected chi connectivity index (χ1v) is 7.04. The fourth-order valence-corrected chi connectivity index (χ4v) is 2.02. The van der Waals surface area contributed by atoms with Gasteiger partial charge in [-0.2, -0.15) is 5.10 Å². The van der Waals surface area contributed by atoms with Gasteiger partial charge < -0.3 is 10.4 Å². The molecule has 2 rings (SSSR count). The number of nitrogens with one attached hydrogen (secondary N) is 1. The summed E-state index contributed by atoms with van der Waals surface area (Å²) in [6.45, 7) is 3.44. The number of aryl methyl sites for hydroxylation is 1. The molecule has 1 unspecified atom stereocenters. The van der Waals surface area contributed by atoms with E-state index >= 15 is 0 Å². The average molecular weight is 338 g/mol. The first-order valence-electron chi connectivity index (χ1n) is 6.25. The van der Waals surface area contributed by atoms with Gasteiger partial charge in [-0.3, -0.25) is 4.79 Å². The van der Waals surface area contributed by atoms with E-state index in [1.165, 1.54) is 0 Å². The largest absolute Gasteiger partial charge is 0.394 e. The Labute approximate surface area is 125 Å². The van der Waals surface area contributed by atoms with Gasteiger partial charge >= 0.3 is 0 Å². The number of hydrogen-bond acceptors (Lipinski definition) is 3. The molecule has 2 N–H and O–H groups in total. The smallest absolute Gasteiger partial charge is 0.255 e. The highest BCUT2D eigenvalue weighted by atomic mass is 79.9. The van der Waals surface area contributed by atoms with E-state index in [4.69, 9.17) is 5.11 Å². The van der Waals surface area contributed by atoms with Crippen LogP contribution in [0.3, 0.4) is 0 Å². The van der Waals surface area contributed by atoms with Crippen molar-refractivity contribution in [2.24, 2.45) is 0 Å². The Bertz CT molecular complexity index is 607. The minimum atomic E-state index is -0.280. The van der Waals surface area contributed by atoms with E-state index in [-0.39, 0.29) is 18.6 Å². The van der Waals surface area contributed by atoms with E-state index in [9.17, 15) is 4.79 Å². The quantitative estimate of drug-likeness (QED) is 0.897. The minimum Gasteiger partial charge on any atom is -0.394 e. The zero-order valence-electron chi connectivity index (χ0n) is 11.3. The Kier molecular flexibility index (Phi) is 4.57. The molecular weight excluding hydrogens is 322 g/mol. The third-order valence-electron chi connectivity index (χ3n) is 2.89. The maximum atomic E-state index is 12.1. The van der Waals surface area contributed by atoms with E-state index in [2.05, 4.69) is 26.3 Å². The molecule has 0 fully saturated rings. The van der Waals surface area contributed by atoms with E-state index in [0.29, 0.717) is 11.3 Å². The van der Waals surface area contributed by atoms with E-state index < -0.39 is 0 Å². The van der Waals surface area contributed by atoms with Gasteiger partial charge in [0, 0.05) is 16.7 Å². The molecule has 6 heteroatoms. The molecule has 5 nitrogen and oxygen atoms in total. The predicted molar refractivity (Wildman–Crippen MR) is 80.0 cm³/mol. The van der Waals surface area contributed by atoms with Crippen molar-refractivity contribution < 1.29 is 9.90 Å². The number of nitrogens with zero attached hydrogens (tertiary/aromatic N) is 2. The number of amides is 1. The molecule has 1 aromatic heterocycles. The van der Waals surface area contributed by atoms with Crippen LogP contribution in [0.2, 0.25) is 0 Å². The third-order valence-corrected chi connectivity index (χ3v) is 3.41. The lowest BCUT2D eigenvalue weighted by atomic mass is 10.2. The van der Waals surface area contributed by atoms with Crippen LogP contribution in [0.15, 0.2) is 34.9 Å². The molecule has 0 bridgehead atoms. The fourth-order valence-electron chi connectivity index (χ4n) is 1.76. The lowest BCUT2D eigenvalue weighted by molar-refractivity contribution is 0.0921. The molecule has 0 aliphatic carbocycles. The third kappa shape index (κ3) is 3.26. The fraction of sp³-hybridized carbons (Fsp3) is 0.286. The summed E-state index contributed by atoms with van der Waals surface area (Å²) >= 11 is 3.38. The van der Waals surface area contributed by atoms with Crippen LogP contribution in [0, 0.1) is 6.92 Å². The molecule has 1 atom stereocenters. The van der Waals surface area contributed by atoms with Crippen molar-refractivity contribution in [1.29, 1.82) is 0 Å². The van der Waals surface area contributed by atoms with Crippen molar-refractivity contribution >= 4 is 21.8 Å². The zero-order valence-corrected chi connectivity index (χ0v) is 12.9. The lowest BCUT2D eigenvalue weighted by Crippen LogP contribution is -2.35. The van der Waals surface area contributed by atoms with Gasteiger partial charge in [0.15, 0.2) is 0 Å². The number of aliphatic hydroxyl groups is 1. The maximum absolute atomic E-state index is 12.1. The number of aromatic nitrogens is 2. The molecule has 106 valence electrons. The molecule has 0 aliphatic heterocycles. The standard InChI is InChI=1S/C14H16BrN3O2/c1-9(8-19)16-14(20)13-7-18(17-10(13)2)12-5-3-11(15)4-6-12/h3-7,9,19H,8H2,1-2H3,(H,16,20). The van der Waals surface area contributed by atoms with Crippen molar-refractivity contribution in [3.05, 3.63) is 46.2 Å². The van der Waals surface area contributed by atoms with Crippen LogP contribution in [0.5, 0.6) is 0 Å². The molecular formula is C14H16BrN3O2. The highest BCUT2D eigenvalue weighted by Crippen LogP contribution is 2.15. The number of benzene rings is 1. The van der Waals surface area contributed by atoms with Gasteiger partial charge in [0.05, 0.1) is 23.6 Å². The highest BCUT2D eigenvalue weighted by molar-refractivity contribution is 9.10. The summed E-state index contributed by atoms with van der Waals surface area (Å²) in [5, 5.41) is 16.0. The summed E-state index contributed by atoms with van der Waals surface area (Å²) < 4.78 is 2.65. The first-order chi connectivity index (χ1) is 9.51. The van der Waals surface area contributed by atoms with Crippen LogP contribution < -0.4 is 5.32 Å². The minimum absolute atomic E-state index is 0.0916. The zero-order chi connectivity index (χ0) is 14.7. The topological polar surface area (TPSA) is 67.2 Å². The number of aliphatic hydroxyl groups excluding tert-OH is 1. The highest BCUT2D eigenvalue weighted by Gasteiger charge is 2.15. The Hall–Kier alpha value is -1.66. The summed E-state index contributed by atoms with van der Waals surface area (Å²) in [5.74, 6) is -0.229. The second-order valence-corrected chi connectivity index (χ2v) is 5.52. The van der Waals surface area contributed by atoms with Crippen LogP contribution in [0.25, 0.3) is 5.69 Å². The Morgan fingerprint density at radius 3 is 2.70 bits per heavy atom. The Balaban J connectivity index is 2.25. The number of carbonyl (C=O) groups is 1. The number of halogens is 1. The normalized spacial score (nSPS) is 12.2. The van der Waals surface area contributed by atoms with Gasteiger partial charge in [-0.05, 0) is 38.1 Å². The van der Waals surface area contributed by atoms with Gasteiger partial charge in [0.25, 0.3) is 5.91 Å². The van der Waals surface area contributed by atoms with Crippen molar-refractivity contribution in [2.75, 3.05) is 6.61 Å². The lowest BCUT2D eigenvalue weighted by Gasteiger charge is -2.09. The van der Waals surface area contributed by atoms with Gasteiger partial charge in [-0.1, -0.05) is 15.9 Å². The van der Waals surface area contributed by atoms with Crippen LogP contribution >= 0.6 is 15.9 Å². The molecule has 0 saturated carbocycles. The molecule has 0 saturated heterocycles. The monoisotopic (exact) mass is 337 g/mol. The van der Waals surface area contributed by atoms with Crippen molar-refractivity contribution in [3.63, 3.8) is 0 Å². The molecule has 0 radical (unpaired) electrons. The Morgan fingerprint density at radius 1 is 1.45 bits per heavy atom. The molecule has 20 heavy (non-hydrogen) atoms. The summed E-state index contributed by atoms with van der Waals surface area (Å²) in [6, 6.07) is 7.38. The van der Waals surface area contributed by atoms with Crippen molar-refractivity contribution in [3.8, 4) is 5.69 Å². The molecule has 1 aromatic carbocycles. The van der Waals surface area contributed by atoms with Crippen LogP contribution in [-0.2, 0) is 0 Å². The summed E-state index contributed by atoms with van der Waals surface area (Å²) in [7, 11) is 0. The van der Waals surface area contributed by atoms with Crippen molar-refractivity contribution in [1.82, 2.24) is 15.1 Å². The molecule has 1 amide bonds. The maximum Gasteiger partial charge on any atom is 0.255 e. The van der Waals surface area contributed by atoms with Gasteiger partial charge in [-0.25, -0.2) is 4.68 Å². The second kappa shape index (κ2) is 6.19. The molecule has 0 aliphatic rings. The molecule has 0 spiro atoms. The van der Waals surface area contributed by atoms with Gasteiger partial charge in [0.2, 0.25) is 0 Å². The van der Waals surface area contributed by atoms with Crippen molar-refractivity contribution in [2.45, 2.75) is 19.9 Å². The summed E-state index contributed by atoms with van der Waals surface area (Å²) in [5.41, 5.74) is 2.04. The predicted octanol–water partition coefficient (Wildman–Crippen LogP) is 2.05. The van der Waals surface area contributed by atoms with Crippen LogP contribution in [0.4, 0.5) is 0 Å². The van der Waals surface area contributed by atoms with Crippen LogP contribution in [0.1, 0.15) is 23.0 Å². The van der Waals surface area contributed by atoms with Crippen LogP contribution in [-0.4, -0.2) is 33.4 Å². The van der Waals surface area contributed by atoms with E-state index in [0.717, 1.165) is 10.2 Å². The number of hydrogen-bond donors (Lipinski definition) is 2. The van der Waals surface area contributed by atoms with E-state index in [1.807, 2.05) is 24.3 Å². The molecule has 1 heterocycles. The first kappa shape index (κ1) is 14.7. The summed E-state index contributed by atoms with van der Waals surface area (Å²) in [4.78, 5) is 12.1. The van der Waals surface area contributed by atoms with Gasteiger partial charge in [-0.15, -0.1) is 0 Å². The Morgan fingerprint density at radius 2 is 2.10 bits per heavy atom. The van der Waals surface area contributed by atoms with E-state index in [1.54, 1.807) is 24.7 Å². The second-order valence-electron chi connectivity index (χ2n) is 4.61. The SMILES string of the molecule is Cc1nn(-c2ccc(Br)cc2)cc1C(=O)NC(C)CO. The number of rotatable bonds is 4. The number of carbonyl (C=O) groups excluding carboxylic acids is 1. The molecule has 2 aromatic rings.